The van der Waals surface area contributed by atoms with E-state index in [4.69, 9.17) is 5.73 Å². The topological polar surface area (TPSA) is 51.8 Å². The van der Waals surface area contributed by atoms with Crippen molar-refractivity contribution < 1.29 is 0 Å². The second-order valence-corrected chi connectivity index (χ2v) is 4.53. The number of aromatic nitrogens is 2. The molecule has 0 aromatic carbocycles. The summed E-state index contributed by atoms with van der Waals surface area (Å²) in [7, 11) is 0. The molecule has 0 atom stereocenters. The van der Waals surface area contributed by atoms with Gasteiger partial charge in [0.15, 0.2) is 8.68 Å². The molecule has 56 valence electrons. The Hall–Kier alpha value is 0.220. The first-order valence-electron chi connectivity index (χ1n) is 2.68. The molecule has 0 bridgehead atoms. The summed E-state index contributed by atoms with van der Waals surface area (Å²) < 4.78 is 1.65. The largest absolute Gasteiger partial charge is 0.330 e. The molecule has 0 aliphatic heterocycles. The summed E-state index contributed by atoms with van der Waals surface area (Å²) in [5, 5.41) is 7.59. The van der Waals surface area contributed by atoms with E-state index >= 15 is 0 Å². The van der Waals surface area contributed by atoms with Gasteiger partial charge in [-0.3, -0.25) is 0 Å². The fraction of sp³-hybridized carbons (Fsp3) is 0.500. The van der Waals surface area contributed by atoms with Crippen molar-refractivity contribution in [2.75, 3.05) is 12.3 Å². The molecule has 6 heteroatoms. The van der Waals surface area contributed by atoms with Crippen molar-refractivity contribution in [3.05, 3.63) is 0 Å². The van der Waals surface area contributed by atoms with E-state index in [2.05, 4.69) is 22.8 Å². The number of nitrogens with zero attached hydrogens (tertiary/aromatic N) is 2. The van der Waals surface area contributed by atoms with E-state index in [1.807, 2.05) is 0 Å². The van der Waals surface area contributed by atoms with E-state index in [9.17, 15) is 0 Å². The lowest BCUT2D eigenvalue weighted by molar-refractivity contribution is 0.956. The van der Waals surface area contributed by atoms with Gasteiger partial charge in [-0.05, 0) is 0 Å². The summed E-state index contributed by atoms with van der Waals surface area (Å²) >= 11 is 7.12. The van der Waals surface area contributed by atoms with Gasteiger partial charge in [-0.15, -0.1) is 22.8 Å². The molecule has 1 heterocycles. The van der Waals surface area contributed by atoms with Crippen molar-refractivity contribution in [2.45, 2.75) is 8.68 Å². The van der Waals surface area contributed by atoms with Crippen LogP contribution in [-0.4, -0.2) is 22.5 Å². The van der Waals surface area contributed by atoms with Crippen molar-refractivity contribution >= 4 is 35.7 Å². The fourth-order valence-corrected chi connectivity index (χ4v) is 2.33. The molecule has 0 radical (unpaired) electrons. The normalized spacial score (nSPS) is 10.2. The molecule has 0 spiro atoms. The monoisotopic (exact) mass is 193 g/mol. The fourth-order valence-electron chi connectivity index (χ4n) is 0.407. The third-order valence-corrected chi connectivity index (χ3v) is 2.99. The van der Waals surface area contributed by atoms with E-state index in [1.54, 1.807) is 11.8 Å². The van der Waals surface area contributed by atoms with E-state index in [0.29, 0.717) is 10.9 Å². The molecule has 2 N–H and O–H groups in total. The first kappa shape index (κ1) is 8.32. The number of hydrogen-bond acceptors (Lipinski definition) is 6. The van der Waals surface area contributed by atoms with Crippen LogP contribution in [0, 0.1) is 0 Å². The average molecular weight is 193 g/mol. The molecule has 0 unspecified atom stereocenters. The maximum Gasteiger partial charge on any atom is 0.175 e. The minimum absolute atomic E-state index is 0.673. The number of thioether (sulfide) groups is 1. The van der Waals surface area contributed by atoms with Crippen LogP contribution in [0.15, 0.2) is 8.68 Å². The molecule has 1 rings (SSSR count). The number of rotatable bonds is 3. The first-order valence-corrected chi connectivity index (χ1v) is 4.93. The zero-order valence-electron chi connectivity index (χ0n) is 5.15. The molecular formula is C4H7N3S3. The minimum atomic E-state index is 0.673. The molecule has 0 saturated carbocycles. The molecular weight excluding hydrogens is 186 g/mol. The summed E-state index contributed by atoms with van der Waals surface area (Å²) in [4.78, 5) is 0. The molecule has 0 saturated heterocycles. The highest BCUT2D eigenvalue weighted by Gasteiger charge is 1.98. The smallest absolute Gasteiger partial charge is 0.175 e. The van der Waals surface area contributed by atoms with Gasteiger partial charge in [-0.1, -0.05) is 23.1 Å². The number of thiol groups is 1. The molecule has 0 amide bonds. The lowest BCUT2D eigenvalue weighted by atomic mass is 10.8. The molecule has 1 aromatic heterocycles. The summed E-state index contributed by atoms with van der Waals surface area (Å²) in [6, 6.07) is 0. The van der Waals surface area contributed by atoms with E-state index in [-0.39, 0.29) is 0 Å². The second kappa shape index (κ2) is 4.17. The van der Waals surface area contributed by atoms with Crippen molar-refractivity contribution in [2.24, 2.45) is 5.73 Å². The quantitative estimate of drug-likeness (QED) is 0.552. The van der Waals surface area contributed by atoms with Gasteiger partial charge in [-0.25, -0.2) is 0 Å². The third kappa shape index (κ3) is 2.45. The van der Waals surface area contributed by atoms with Gasteiger partial charge in [0.25, 0.3) is 0 Å². The van der Waals surface area contributed by atoms with Crippen molar-refractivity contribution in [1.29, 1.82) is 0 Å². The highest BCUT2D eigenvalue weighted by molar-refractivity contribution is 8.01. The van der Waals surface area contributed by atoms with Gasteiger partial charge in [0.05, 0.1) is 0 Å². The van der Waals surface area contributed by atoms with Gasteiger partial charge in [0.1, 0.15) is 0 Å². The van der Waals surface area contributed by atoms with Crippen LogP contribution < -0.4 is 5.73 Å². The van der Waals surface area contributed by atoms with Crippen LogP contribution in [0.2, 0.25) is 0 Å². The van der Waals surface area contributed by atoms with Gasteiger partial charge in [-0.2, -0.15) is 0 Å². The standard InChI is InChI=1S/C4H7N3S3/c5-1-2-9-4-7-6-3(8)10-4/h1-2,5H2,(H,6,8). The highest BCUT2D eigenvalue weighted by Crippen LogP contribution is 2.23. The third-order valence-electron chi connectivity index (χ3n) is 0.739. The van der Waals surface area contributed by atoms with E-state index in [0.717, 1.165) is 10.1 Å². The van der Waals surface area contributed by atoms with Crippen LogP contribution in [0.25, 0.3) is 0 Å². The van der Waals surface area contributed by atoms with Crippen molar-refractivity contribution in [1.82, 2.24) is 10.2 Å². The van der Waals surface area contributed by atoms with E-state index < -0.39 is 0 Å². The summed E-state index contributed by atoms with van der Waals surface area (Å²) in [6.07, 6.45) is 0. The number of nitrogens with two attached hydrogens (primary N) is 1. The highest BCUT2D eigenvalue weighted by atomic mass is 32.2. The Balaban J connectivity index is 2.42. The maximum absolute atomic E-state index is 5.30. The Kier molecular flexibility index (Phi) is 3.47. The van der Waals surface area contributed by atoms with Crippen LogP contribution in [-0.2, 0) is 0 Å². The molecule has 10 heavy (non-hydrogen) atoms. The molecule has 1 aromatic rings. The zero-order valence-corrected chi connectivity index (χ0v) is 7.68. The molecule has 3 nitrogen and oxygen atoms in total. The molecule has 0 aliphatic carbocycles. The maximum atomic E-state index is 5.30. The Morgan fingerprint density at radius 2 is 2.40 bits per heavy atom. The van der Waals surface area contributed by atoms with Crippen LogP contribution in [0.4, 0.5) is 0 Å². The van der Waals surface area contributed by atoms with Crippen molar-refractivity contribution in [3.8, 4) is 0 Å². The van der Waals surface area contributed by atoms with Crippen LogP contribution in [0.3, 0.4) is 0 Å². The Labute approximate surface area is 72.8 Å². The average Bonchev–Trinajstić information content (AvgIpc) is 2.31. The van der Waals surface area contributed by atoms with Gasteiger partial charge in [0.2, 0.25) is 0 Å². The van der Waals surface area contributed by atoms with Gasteiger partial charge >= 0.3 is 0 Å². The minimum Gasteiger partial charge on any atom is -0.330 e. The predicted molar refractivity (Wildman–Crippen MR) is 46.9 cm³/mol. The first-order chi connectivity index (χ1) is 4.83. The Morgan fingerprint density at radius 1 is 1.60 bits per heavy atom. The van der Waals surface area contributed by atoms with Crippen LogP contribution >= 0.6 is 35.7 Å². The SMILES string of the molecule is NCCSc1nnc(S)s1. The Bertz CT molecular complexity index is 199. The van der Waals surface area contributed by atoms with Gasteiger partial charge < -0.3 is 5.73 Å². The lowest BCUT2D eigenvalue weighted by Gasteiger charge is -1.88. The second-order valence-electron chi connectivity index (χ2n) is 1.49. The molecule has 0 aliphatic rings. The summed E-state index contributed by atoms with van der Waals surface area (Å²) in [5.74, 6) is 0.891. The van der Waals surface area contributed by atoms with Crippen molar-refractivity contribution in [3.63, 3.8) is 0 Å². The van der Waals surface area contributed by atoms with Crippen LogP contribution in [0.5, 0.6) is 0 Å². The lowest BCUT2D eigenvalue weighted by Crippen LogP contribution is -2.00. The summed E-state index contributed by atoms with van der Waals surface area (Å²) in [5.41, 5.74) is 5.30. The zero-order chi connectivity index (χ0) is 7.40. The predicted octanol–water partition coefficient (Wildman–Crippen LogP) is 0.878. The van der Waals surface area contributed by atoms with Gasteiger partial charge in [0, 0.05) is 12.3 Å². The molecule has 0 fully saturated rings. The summed E-state index contributed by atoms with van der Waals surface area (Å²) in [6.45, 7) is 0.673. The van der Waals surface area contributed by atoms with Crippen LogP contribution in [0.1, 0.15) is 0 Å². The Morgan fingerprint density at radius 3 is 2.90 bits per heavy atom. The number of hydrogen-bond donors (Lipinski definition) is 2. The van der Waals surface area contributed by atoms with E-state index in [1.165, 1.54) is 11.3 Å².